The van der Waals surface area contributed by atoms with Crippen LogP contribution in [0.4, 0.5) is 0 Å². The maximum atomic E-state index is 12.8. The Morgan fingerprint density at radius 2 is 0.838 bits per heavy atom. The second-order valence-electron chi connectivity index (χ2n) is 18.5. The topological polar surface area (TPSA) is 111 Å². The molecule has 0 aromatic rings. The van der Waals surface area contributed by atoms with Crippen molar-refractivity contribution in [1.29, 1.82) is 0 Å². The van der Waals surface area contributed by atoms with Crippen LogP contribution in [-0.4, -0.2) is 70.0 Å². The van der Waals surface area contributed by atoms with Gasteiger partial charge in [0.15, 0.2) is 6.10 Å². The lowest BCUT2D eigenvalue weighted by atomic mass is 10.1. The van der Waals surface area contributed by atoms with Gasteiger partial charge in [-0.05, 0) is 103 Å². The molecule has 0 aliphatic carbocycles. The van der Waals surface area contributed by atoms with Crippen LogP contribution in [0.5, 0.6) is 0 Å². The molecule has 68 heavy (non-hydrogen) atoms. The number of hydrogen-bond donors (Lipinski definition) is 0. The molecule has 388 valence electrons. The molecule has 9 nitrogen and oxygen atoms in total. The summed E-state index contributed by atoms with van der Waals surface area (Å²) in [5.41, 5.74) is 0. The highest BCUT2D eigenvalue weighted by atomic mass is 31.2. The van der Waals surface area contributed by atoms with Gasteiger partial charge >= 0.3 is 11.9 Å². The molecule has 0 radical (unpaired) electrons. The average molecular weight is 968 g/mol. The predicted molar refractivity (Wildman–Crippen MR) is 286 cm³/mol. The minimum Gasteiger partial charge on any atom is -0.756 e. The number of carbonyl (C=O) groups is 2. The highest BCUT2D eigenvalue weighted by Crippen LogP contribution is 2.38. The molecule has 0 bridgehead atoms. The summed E-state index contributed by atoms with van der Waals surface area (Å²) in [6.45, 7) is 4.05. The van der Waals surface area contributed by atoms with Crippen molar-refractivity contribution >= 4 is 19.8 Å². The molecular weight excluding hydrogens is 870 g/mol. The Hall–Kier alpha value is -3.33. The fourth-order valence-corrected chi connectivity index (χ4v) is 7.39. The molecule has 0 spiro atoms. The number of allylic oxidation sites excluding steroid dienone is 18. The lowest BCUT2D eigenvalue weighted by Crippen LogP contribution is -2.37. The second kappa shape index (κ2) is 48.7. The van der Waals surface area contributed by atoms with Crippen molar-refractivity contribution in [3.63, 3.8) is 0 Å². The van der Waals surface area contributed by atoms with Crippen LogP contribution in [0.25, 0.3) is 0 Å². The van der Waals surface area contributed by atoms with E-state index < -0.39 is 32.5 Å². The maximum Gasteiger partial charge on any atom is 0.306 e. The monoisotopic (exact) mass is 968 g/mol. The number of phosphoric acid groups is 1. The summed E-state index contributed by atoms with van der Waals surface area (Å²) < 4.78 is 34.0. The van der Waals surface area contributed by atoms with Gasteiger partial charge in [-0.3, -0.25) is 14.2 Å². The van der Waals surface area contributed by atoms with Crippen LogP contribution in [0.15, 0.2) is 109 Å². The Labute approximate surface area is 416 Å². The standard InChI is InChI=1S/C58H98NO8P/c1-6-8-10-12-14-16-18-20-22-24-26-28-29-31-33-35-37-39-41-43-45-47-49-51-58(61)67-56(55-66-68(62,63)65-53-52-59(3,4)5)54-64-57(60)50-48-46-44-42-40-38-36-34-32-30-27-25-23-21-19-17-15-13-11-9-7-2/h8,10,14,16,19-22,25-28,31-34,37,39,56H,6-7,9,11-13,15,17-18,23-24,29-30,35-36,38,40-55H2,1-5H3/b10-8-,16-14-,21-19-,22-20-,27-25-,28-26-,33-31-,34-32-,39-37-. The molecule has 0 fully saturated rings. The summed E-state index contributed by atoms with van der Waals surface area (Å²) in [7, 11) is 1.12. The summed E-state index contributed by atoms with van der Waals surface area (Å²) in [6, 6.07) is 0. The van der Waals surface area contributed by atoms with E-state index in [2.05, 4.69) is 123 Å². The number of esters is 2. The molecule has 0 aromatic heterocycles. The summed E-state index contributed by atoms with van der Waals surface area (Å²) in [5.74, 6) is -0.886. The van der Waals surface area contributed by atoms with E-state index in [1.807, 2.05) is 21.1 Å². The van der Waals surface area contributed by atoms with Crippen LogP contribution in [0.1, 0.15) is 194 Å². The van der Waals surface area contributed by atoms with Gasteiger partial charge in [-0.15, -0.1) is 0 Å². The number of likely N-dealkylation sites (N-methyl/N-ethyl adjacent to an activating group) is 1. The highest BCUT2D eigenvalue weighted by molar-refractivity contribution is 7.45. The van der Waals surface area contributed by atoms with E-state index in [0.29, 0.717) is 23.9 Å². The van der Waals surface area contributed by atoms with Gasteiger partial charge in [0.2, 0.25) is 0 Å². The van der Waals surface area contributed by atoms with Gasteiger partial charge in [-0.1, -0.05) is 187 Å². The minimum atomic E-state index is -4.65. The van der Waals surface area contributed by atoms with E-state index in [1.165, 1.54) is 38.5 Å². The third kappa shape index (κ3) is 52.0. The van der Waals surface area contributed by atoms with Gasteiger partial charge in [0.05, 0.1) is 27.7 Å². The Morgan fingerprint density at radius 1 is 0.471 bits per heavy atom. The average Bonchev–Trinajstić information content (AvgIpc) is 3.30. The van der Waals surface area contributed by atoms with Crippen LogP contribution >= 0.6 is 7.82 Å². The maximum absolute atomic E-state index is 12.8. The van der Waals surface area contributed by atoms with Crippen LogP contribution < -0.4 is 4.89 Å². The number of quaternary nitrogens is 1. The zero-order chi connectivity index (χ0) is 49.9. The molecular formula is C58H98NO8P. The van der Waals surface area contributed by atoms with Crippen molar-refractivity contribution < 1.29 is 42.1 Å². The third-order valence-electron chi connectivity index (χ3n) is 10.8. The van der Waals surface area contributed by atoms with E-state index in [4.69, 9.17) is 18.5 Å². The molecule has 2 unspecified atom stereocenters. The number of unbranched alkanes of at least 4 members (excludes halogenated alkanes) is 15. The molecule has 0 N–H and O–H groups in total. The first kappa shape index (κ1) is 64.7. The normalized spacial score (nSPS) is 14.3. The quantitative estimate of drug-likeness (QED) is 0.0195. The van der Waals surface area contributed by atoms with Crippen molar-refractivity contribution in [2.75, 3.05) is 47.5 Å². The molecule has 0 aliphatic heterocycles. The van der Waals surface area contributed by atoms with Crippen LogP contribution in [0, 0.1) is 0 Å². The summed E-state index contributed by atoms with van der Waals surface area (Å²) >= 11 is 0. The van der Waals surface area contributed by atoms with Crippen LogP contribution in [-0.2, 0) is 32.7 Å². The number of rotatable bonds is 47. The Balaban J connectivity index is 4.36. The van der Waals surface area contributed by atoms with Gasteiger partial charge in [-0.2, -0.15) is 0 Å². The molecule has 0 amide bonds. The molecule has 0 saturated carbocycles. The van der Waals surface area contributed by atoms with Gasteiger partial charge < -0.3 is 27.9 Å². The molecule has 0 saturated heterocycles. The van der Waals surface area contributed by atoms with E-state index >= 15 is 0 Å². The van der Waals surface area contributed by atoms with Gasteiger partial charge in [0.25, 0.3) is 7.82 Å². The first-order valence-electron chi connectivity index (χ1n) is 26.6. The van der Waals surface area contributed by atoms with Crippen LogP contribution in [0.3, 0.4) is 0 Å². The first-order chi connectivity index (χ1) is 33.0. The number of hydrogen-bond acceptors (Lipinski definition) is 8. The zero-order valence-corrected chi connectivity index (χ0v) is 44.7. The summed E-state index contributed by atoms with van der Waals surface area (Å²) in [5, 5.41) is 0. The molecule has 0 aliphatic rings. The second-order valence-corrected chi connectivity index (χ2v) is 19.9. The zero-order valence-electron chi connectivity index (χ0n) is 43.8. The lowest BCUT2D eigenvalue weighted by molar-refractivity contribution is -0.870. The third-order valence-corrected chi connectivity index (χ3v) is 11.7. The molecule has 10 heteroatoms. The van der Waals surface area contributed by atoms with Gasteiger partial charge in [-0.25, -0.2) is 0 Å². The largest absolute Gasteiger partial charge is 0.756 e. The molecule has 0 aromatic carbocycles. The number of nitrogens with zero attached hydrogens (tertiary/aromatic N) is 1. The Kier molecular flexibility index (Phi) is 46.3. The summed E-state index contributed by atoms with van der Waals surface area (Å²) in [6.07, 6.45) is 66.9. The number of ether oxygens (including phenoxy) is 2. The van der Waals surface area contributed by atoms with E-state index in [-0.39, 0.29) is 26.1 Å². The molecule has 2 atom stereocenters. The molecule has 0 heterocycles. The number of phosphoric ester groups is 1. The van der Waals surface area contributed by atoms with Gasteiger partial charge in [0, 0.05) is 12.8 Å². The van der Waals surface area contributed by atoms with Crippen molar-refractivity contribution in [2.24, 2.45) is 0 Å². The summed E-state index contributed by atoms with van der Waals surface area (Å²) in [4.78, 5) is 37.8. The predicted octanol–water partition coefficient (Wildman–Crippen LogP) is 15.6. The highest BCUT2D eigenvalue weighted by Gasteiger charge is 2.21. The van der Waals surface area contributed by atoms with Crippen molar-refractivity contribution in [2.45, 2.75) is 200 Å². The van der Waals surface area contributed by atoms with Crippen LogP contribution in [0.2, 0.25) is 0 Å². The lowest BCUT2D eigenvalue weighted by Gasteiger charge is -2.28. The number of carbonyl (C=O) groups excluding carboxylic acids is 2. The first-order valence-corrected chi connectivity index (χ1v) is 28.1. The smallest absolute Gasteiger partial charge is 0.306 e. The Bertz CT molecular complexity index is 1520. The fraction of sp³-hybridized carbons (Fsp3) is 0.655. The van der Waals surface area contributed by atoms with E-state index in [0.717, 1.165) is 116 Å². The molecule has 0 rings (SSSR count). The van der Waals surface area contributed by atoms with E-state index in [9.17, 15) is 19.0 Å². The Morgan fingerprint density at radius 3 is 1.25 bits per heavy atom. The van der Waals surface area contributed by atoms with Gasteiger partial charge in [0.1, 0.15) is 19.8 Å². The van der Waals surface area contributed by atoms with Crippen molar-refractivity contribution in [1.82, 2.24) is 0 Å². The SMILES string of the molecule is CC/C=C\C/C=C\C/C=C\C/C=C\C/C=C\C/C=C\CCCCCCC(=O)OC(COC(=O)CCCCCCCC/C=C\C/C=C\C/C=C\CCCCCCC)COP(=O)([O-])OCC[N+](C)(C)C. The van der Waals surface area contributed by atoms with Crippen molar-refractivity contribution in [3.8, 4) is 0 Å². The van der Waals surface area contributed by atoms with E-state index in [1.54, 1.807) is 0 Å². The minimum absolute atomic E-state index is 0.0451. The van der Waals surface area contributed by atoms with Crippen molar-refractivity contribution in [3.05, 3.63) is 109 Å². The fourth-order valence-electron chi connectivity index (χ4n) is 6.66.